The Bertz CT molecular complexity index is 1020. The molecule has 1 heterocycles. The molecule has 1 aliphatic rings. The van der Waals surface area contributed by atoms with E-state index in [9.17, 15) is 21.6 Å². The van der Waals surface area contributed by atoms with Gasteiger partial charge in [-0.2, -0.15) is 0 Å². The van der Waals surface area contributed by atoms with Crippen LogP contribution in [0.4, 0.5) is 5.69 Å². The van der Waals surface area contributed by atoms with E-state index < -0.39 is 31.8 Å². The van der Waals surface area contributed by atoms with Gasteiger partial charge in [0, 0.05) is 17.3 Å². The molecule has 9 heteroatoms. The minimum atomic E-state index is -3.84. The smallest absolute Gasteiger partial charge is 0.261 e. The highest BCUT2D eigenvalue weighted by atomic mass is 32.2. The van der Waals surface area contributed by atoms with E-state index in [0.717, 1.165) is 0 Å². The summed E-state index contributed by atoms with van der Waals surface area (Å²) in [5, 5.41) is 2.65. The first kappa shape index (κ1) is 18.4. The number of sulfone groups is 1. The Morgan fingerprint density at radius 2 is 1.77 bits per heavy atom. The van der Waals surface area contributed by atoms with Crippen molar-refractivity contribution in [3.8, 4) is 0 Å². The molecule has 26 heavy (non-hydrogen) atoms. The molecule has 1 saturated heterocycles. The minimum absolute atomic E-state index is 0.0481. The average molecular weight is 394 g/mol. The fourth-order valence-corrected chi connectivity index (χ4v) is 5.48. The van der Waals surface area contributed by atoms with Crippen LogP contribution in [0.5, 0.6) is 0 Å². The number of sulfonamides is 1. The summed E-state index contributed by atoms with van der Waals surface area (Å²) in [6.07, 6.45) is 0.363. The van der Waals surface area contributed by atoms with Crippen molar-refractivity contribution in [1.29, 1.82) is 0 Å². The van der Waals surface area contributed by atoms with E-state index in [4.69, 9.17) is 0 Å². The zero-order chi connectivity index (χ0) is 18.8. The van der Waals surface area contributed by atoms with Crippen LogP contribution in [0.15, 0.2) is 59.5 Å². The highest BCUT2D eigenvalue weighted by Crippen LogP contribution is 2.18. The lowest BCUT2D eigenvalue weighted by atomic mass is 10.2. The molecule has 0 bridgehead atoms. The largest absolute Gasteiger partial charge is 0.348 e. The van der Waals surface area contributed by atoms with Gasteiger partial charge in [-0.3, -0.25) is 9.52 Å². The zero-order valence-corrected chi connectivity index (χ0v) is 15.4. The van der Waals surface area contributed by atoms with Gasteiger partial charge in [-0.15, -0.1) is 0 Å². The molecule has 7 nitrogen and oxygen atoms in total. The number of benzene rings is 2. The third-order valence-electron chi connectivity index (χ3n) is 4.00. The molecular formula is C17H18N2O5S2. The van der Waals surface area contributed by atoms with Crippen LogP contribution in [0.25, 0.3) is 0 Å². The van der Waals surface area contributed by atoms with Crippen molar-refractivity contribution < 1.29 is 21.6 Å². The minimum Gasteiger partial charge on any atom is -0.348 e. The number of carbonyl (C=O) groups excluding carboxylic acids is 1. The van der Waals surface area contributed by atoms with Crippen LogP contribution in [0.3, 0.4) is 0 Å². The predicted molar refractivity (Wildman–Crippen MR) is 98.2 cm³/mol. The molecule has 0 saturated carbocycles. The van der Waals surface area contributed by atoms with Gasteiger partial charge < -0.3 is 5.32 Å². The monoisotopic (exact) mass is 394 g/mol. The van der Waals surface area contributed by atoms with E-state index in [1.54, 1.807) is 30.3 Å². The Balaban J connectivity index is 1.76. The summed E-state index contributed by atoms with van der Waals surface area (Å²) >= 11 is 0. The Hall–Kier alpha value is -2.39. The van der Waals surface area contributed by atoms with Crippen LogP contribution in [0.2, 0.25) is 0 Å². The van der Waals surface area contributed by atoms with Crippen LogP contribution in [0.1, 0.15) is 16.8 Å². The summed E-state index contributed by atoms with van der Waals surface area (Å²) in [4.78, 5) is 12.3. The predicted octanol–water partition coefficient (Wildman–Crippen LogP) is 1.40. The lowest BCUT2D eigenvalue weighted by molar-refractivity contribution is 0.0941. The SMILES string of the molecule is O=C(NC1CCS(=O)(=O)C1)c1cccc(S(=O)(=O)Nc2ccccc2)c1. The number of carbonyl (C=O) groups is 1. The maximum absolute atomic E-state index is 12.5. The van der Waals surface area contributed by atoms with Gasteiger partial charge in [-0.1, -0.05) is 24.3 Å². The van der Waals surface area contributed by atoms with Gasteiger partial charge in [0.25, 0.3) is 15.9 Å². The number of nitrogens with one attached hydrogen (secondary N) is 2. The first-order valence-corrected chi connectivity index (χ1v) is 11.2. The Labute approximate surface area is 152 Å². The van der Waals surface area contributed by atoms with Crippen LogP contribution >= 0.6 is 0 Å². The van der Waals surface area contributed by atoms with Crippen molar-refractivity contribution >= 4 is 31.5 Å². The second-order valence-electron chi connectivity index (χ2n) is 6.07. The molecule has 1 fully saturated rings. The lowest BCUT2D eigenvalue weighted by Crippen LogP contribution is -2.35. The molecule has 1 unspecified atom stereocenters. The van der Waals surface area contributed by atoms with Gasteiger partial charge in [0.2, 0.25) is 0 Å². The first-order chi connectivity index (χ1) is 12.3. The molecule has 0 aromatic heterocycles. The van der Waals surface area contributed by atoms with E-state index in [1.165, 1.54) is 24.3 Å². The third-order valence-corrected chi connectivity index (χ3v) is 7.15. The highest BCUT2D eigenvalue weighted by Gasteiger charge is 2.29. The molecule has 1 atom stereocenters. The number of amides is 1. The van der Waals surface area contributed by atoms with E-state index >= 15 is 0 Å². The normalized spacial score (nSPS) is 19.0. The second kappa shape index (κ2) is 7.08. The molecule has 2 aromatic carbocycles. The molecule has 2 N–H and O–H groups in total. The molecule has 3 rings (SSSR count). The quantitative estimate of drug-likeness (QED) is 0.797. The molecule has 0 radical (unpaired) electrons. The number of hydrogen-bond donors (Lipinski definition) is 2. The fraction of sp³-hybridized carbons (Fsp3) is 0.235. The van der Waals surface area contributed by atoms with Crippen molar-refractivity contribution in [2.75, 3.05) is 16.2 Å². The summed E-state index contributed by atoms with van der Waals surface area (Å²) < 4.78 is 50.4. The van der Waals surface area contributed by atoms with Gasteiger partial charge in [-0.05, 0) is 36.8 Å². The molecule has 1 aliphatic heterocycles. The first-order valence-electron chi connectivity index (χ1n) is 7.94. The topological polar surface area (TPSA) is 109 Å². The van der Waals surface area contributed by atoms with Gasteiger partial charge in [0.1, 0.15) is 0 Å². The zero-order valence-electron chi connectivity index (χ0n) is 13.8. The number of rotatable bonds is 5. The molecule has 0 aliphatic carbocycles. The van der Waals surface area contributed by atoms with Gasteiger partial charge in [0.15, 0.2) is 9.84 Å². The van der Waals surface area contributed by atoms with Crippen molar-refractivity contribution in [3.63, 3.8) is 0 Å². The average Bonchev–Trinajstić information content (AvgIpc) is 2.94. The Kier molecular flexibility index (Phi) is 5.01. The summed E-state index contributed by atoms with van der Waals surface area (Å²) in [6.45, 7) is 0. The van der Waals surface area contributed by atoms with Gasteiger partial charge in [-0.25, -0.2) is 16.8 Å². The summed E-state index contributed by atoms with van der Waals surface area (Å²) in [7, 11) is -6.95. The van der Waals surface area contributed by atoms with Crippen molar-refractivity contribution in [1.82, 2.24) is 5.32 Å². The summed E-state index contributed by atoms with van der Waals surface area (Å²) in [5.41, 5.74) is 0.573. The maximum Gasteiger partial charge on any atom is 0.261 e. The lowest BCUT2D eigenvalue weighted by Gasteiger charge is -2.12. The maximum atomic E-state index is 12.5. The molecule has 1 amide bonds. The van der Waals surface area contributed by atoms with Crippen molar-refractivity contribution in [2.45, 2.75) is 17.4 Å². The fourth-order valence-electron chi connectivity index (χ4n) is 2.70. The van der Waals surface area contributed by atoms with Crippen LogP contribution in [0, 0.1) is 0 Å². The van der Waals surface area contributed by atoms with E-state index in [2.05, 4.69) is 10.0 Å². The van der Waals surface area contributed by atoms with Crippen LogP contribution < -0.4 is 10.0 Å². The van der Waals surface area contributed by atoms with Crippen molar-refractivity contribution in [3.05, 3.63) is 60.2 Å². The van der Waals surface area contributed by atoms with E-state index in [-0.39, 0.29) is 22.0 Å². The number of para-hydroxylation sites is 1. The van der Waals surface area contributed by atoms with Gasteiger partial charge in [0.05, 0.1) is 16.4 Å². The highest BCUT2D eigenvalue weighted by molar-refractivity contribution is 7.92. The number of hydrogen-bond acceptors (Lipinski definition) is 5. The van der Waals surface area contributed by atoms with E-state index in [1.807, 2.05) is 0 Å². The molecule has 0 spiro atoms. The van der Waals surface area contributed by atoms with E-state index in [0.29, 0.717) is 12.1 Å². The number of anilines is 1. The molecule has 138 valence electrons. The second-order valence-corrected chi connectivity index (χ2v) is 9.98. The Morgan fingerprint density at radius 1 is 1.04 bits per heavy atom. The summed E-state index contributed by atoms with van der Waals surface area (Å²) in [5.74, 6) is -0.538. The molecule has 2 aromatic rings. The molecular weight excluding hydrogens is 376 g/mol. The summed E-state index contributed by atoms with van der Waals surface area (Å²) in [6, 6.07) is 13.6. The van der Waals surface area contributed by atoms with Crippen LogP contribution in [-0.4, -0.2) is 40.3 Å². The van der Waals surface area contributed by atoms with Crippen molar-refractivity contribution in [2.24, 2.45) is 0 Å². The van der Waals surface area contributed by atoms with Gasteiger partial charge >= 0.3 is 0 Å². The third kappa shape index (κ3) is 4.41. The Morgan fingerprint density at radius 3 is 2.42 bits per heavy atom. The standard InChI is InChI=1S/C17H18N2O5S2/c20-17(18-15-9-10-25(21,22)12-15)13-5-4-8-16(11-13)26(23,24)19-14-6-2-1-3-7-14/h1-8,11,15,19H,9-10,12H2,(H,18,20). The van der Waals surface area contributed by atoms with Crippen LogP contribution in [-0.2, 0) is 19.9 Å².